The van der Waals surface area contributed by atoms with Gasteiger partial charge in [0.05, 0.1) is 0 Å². The van der Waals surface area contributed by atoms with Crippen molar-refractivity contribution >= 4 is 0 Å². The minimum atomic E-state index is -4.64. The lowest BCUT2D eigenvalue weighted by atomic mass is 10.2. The van der Waals surface area contributed by atoms with Crippen LogP contribution in [0.1, 0.15) is 31.7 Å². The molecular formula is C15H22F3NO2. The van der Waals surface area contributed by atoms with Crippen LogP contribution in [0.2, 0.25) is 0 Å². The highest BCUT2D eigenvalue weighted by molar-refractivity contribution is 5.27. The van der Waals surface area contributed by atoms with E-state index in [-0.39, 0.29) is 5.75 Å². The zero-order valence-corrected chi connectivity index (χ0v) is 12.2. The van der Waals surface area contributed by atoms with E-state index >= 15 is 0 Å². The maximum atomic E-state index is 12.0. The van der Waals surface area contributed by atoms with Crippen molar-refractivity contribution in [1.29, 1.82) is 0 Å². The van der Waals surface area contributed by atoms with E-state index in [0.29, 0.717) is 6.54 Å². The normalized spacial score (nSPS) is 11.6. The van der Waals surface area contributed by atoms with E-state index < -0.39 is 6.36 Å². The maximum absolute atomic E-state index is 12.0. The first kappa shape index (κ1) is 17.8. The van der Waals surface area contributed by atoms with Gasteiger partial charge in [-0.3, -0.25) is 0 Å². The number of halogens is 3. The molecule has 0 amide bonds. The zero-order chi connectivity index (χ0) is 15.6. The van der Waals surface area contributed by atoms with E-state index in [9.17, 15) is 13.2 Å². The molecule has 0 saturated carbocycles. The summed E-state index contributed by atoms with van der Waals surface area (Å²) in [6.45, 7) is 5.08. The van der Waals surface area contributed by atoms with Crippen LogP contribution in [0.25, 0.3) is 0 Å². The molecular weight excluding hydrogens is 283 g/mol. The van der Waals surface area contributed by atoms with Gasteiger partial charge < -0.3 is 14.8 Å². The SMILES string of the molecule is CCCCOCCCNCc1ccc(OC(F)(F)F)cc1. The first-order valence-electron chi connectivity index (χ1n) is 7.14. The van der Waals surface area contributed by atoms with Gasteiger partial charge in [-0.1, -0.05) is 25.5 Å². The van der Waals surface area contributed by atoms with Crippen molar-refractivity contribution in [1.82, 2.24) is 5.32 Å². The maximum Gasteiger partial charge on any atom is 0.573 e. The largest absolute Gasteiger partial charge is 0.573 e. The van der Waals surface area contributed by atoms with Crippen molar-refractivity contribution in [3.05, 3.63) is 29.8 Å². The van der Waals surface area contributed by atoms with Gasteiger partial charge in [0.25, 0.3) is 0 Å². The Labute approximate surface area is 123 Å². The van der Waals surface area contributed by atoms with Crippen molar-refractivity contribution in [2.45, 2.75) is 39.1 Å². The van der Waals surface area contributed by atoms with Gasteiger partial charge in [-0.2, -0.15) is 0 Å². The lowest BCUT2D eigenvalue weighted by Crippen LogP contribution is -2.18. The predicted octanol–water partition coefficient (Wildman–Crippen LogP) is 3.88. The van der Waals surface area contributed by atoms with Crippen molar-refractivity contribution in [2.24, 2.45) is 0 Å². The van der Waals surface area contributed by atoms with Gasteiger partial charge in [0.15, 0.2) is 0 Å². The summed E-state index contributed by atoms with van der Waals surface area (Å²) in [7, 11) is 0. The lowest BCUT2D eigenvalue weighted by molar-refractivity contribution is -0.274. The van der Waals surface area contributed by atoms with Crippen molar-refractivity contribution in [3.8, 4) is 5.75 Å². The van der Waals surface area contributed by atoms with Crippen LogP contribution in [-0.4, -0.2) is 26.1 Å². The highest BCUT2D eigenvalue weighted by Gasteiger charge is 2.30. The van der Waals surface area contributed by atoms with Crippen LogP contribution in [0.15, 0.2) is 24.3 Å². The van der Waals surface area contributed by atoms with Crippen LogP contribution in [0.5, 0.6) is 5.75 Å². The number of hydrogen-bond donors (Lipinski definition) is 1. The average molecular weight is 305 g/mol. The smallest absolute Gasteiger partial charge is 0.406 e. The van der Waals surface area contributed by atoms with Gasteiger partial charge in [0, 0.05) is 19.8 Å². The van der Waals surface area contributed by atoms with Gasteiger partial charge in [-0.15, -0.1) is 13.2 Å². The summed E-state index contributed by atoms with van der Waals surface area (Å²) in [6, 6.07) is 5.87. The second-order valence-electron chi connectivity index (χ2n) is 4.69. The van der Waals surface area contributed by atoms with Crippen molar-refractivity contribution in [2.75, 3.05) is 19.8 Å². The van der Waals surface area contributed by atoms with E-state index in [1.807, 2.05) is 0 Å². The number of alkyl halides is 3. The van der Waals surface area contributed by atoms with Gasteiger partial charge in [0.2, 0.25) is 0 Å². The molecule has 0 atom stereocenters. The fourth-order valence-electron chi connectivity index (χ4n) is 1.69. The summed E-state index contributed by atoms with van der Waals surface area (Å²) in [5.41, 5.74) is 0.913. The van der Waals surface area contributed by atoms with Crippen LogP contribution in [0.4, 0.5) is 13.2 Å². The quantitative estimate of drug-likeness (QED) is 0.665. The first-order valence-corrected chi connectivity index (χ1v) is 7.14. The number of hydrogen-bond acceptors (Lipinski definition) is 3. The highest BCUT2D eigenvalue weighted by Crippen LogP contribution is 2.22. The number of rotatable bonds is 10. The molecule has 6 heteroatoms. The molecule has 0 aliphatic rings. The molecule has 21 heavy (non-hydrogen) atoms. The van der Waals surface area contributed by atoms with E-state index in [4.69, 9.17) is 4.74 Å². The molecule has 1 rings (SSSR count). The van der Waals surface area contributed by atoms with Gasteiger partial charge >= 0.3 is 6.36 Å². The molecule has 0 aromatic heterocycles. The molecule has 0 aliphatic carbocycles. The molecule has 1 aromatic rings. The summed E-state index contributed by atoms with van der Waals surface area (Å²) in [6.07, 6.45) is -1.51. The second-order valence-corrected chi connectivity index (χ2v) is 4.69. The molecule has 0 unspecified atom stereocenters. The number of nitrogens with one attached hydrogen (secondary N) is 1. The zero-order valence-electron chi connectivity index (χ0n) is 12.2. The summed E-state index contributed by atoms with van der Waals surface area (Å²) < 4.78 is 45.2. The highest BCUT2D eigenvalue weighted by atomic mass is 19.4. The summed E-state index contributed by atoms with van der Waals surface area (Å²) >= 11 is 0. The molecule has 0 aliphatic heterocycles. The summed E-state index contributed by atoms with van der Waals surface area (Å²) in [4.78, 5) is 0. The minimum Gasteiger partial charge on any atom is -0.406 e. The van der Waals surface area contributed by atoms with Crippen LogP contribution >= 0.6 is 0 Å². The molecule has 0 spiro atoms. The topological polar surface area (TPSA) is 30.5 Å². The Kier molecular flexibility index (Phi) is 8.15. The lowest BCUT2D eigenvalue weighted by Gasteiger charge is -2.09. The van der Waals surface area contributed by atoms with Crippen LogP contribution in [-0.2, 0) is 11.3 Å². The summed E-state index contributed by atoms with van der Waals surface area (Å²) in [5.74, 6) is -0.199. The molecule has 0 heterocycles. The first-order chi connectivity index (χ1) is 10.0. The Hall–Kier alpha value is -1.27. The third kappa shape index (κ3) is 9.31. The fourth-order valence-corrected chi connectivity index (χ4v) is 1.69. The van der Waals surface area contributed by atoms with Crippen molar-refractivity contribution < 1.29 is 22.6 Å². The predicted molar refractivity (Wildman–Crippen MR) is 75.2 cm³/mol. The molecule has 1 aromatic carbocycles. The molecule has 3 nitrogen and oxygen atoms in total. The second kappa shape index (κ2) is 9.63. The van der Waals surface area contributed by atoms with E-state index in [1.165, 1.54) is 12.1 Å². The third-order valence-corrected chi connectivity index (χ3v) is 2.77. The molecule has 120 valence electrons. The molecule has 0 saturated heterocycles. The summed E-state index contributed by atoms with van der Waals surface area (Å²) in [5, 5.41) is 3.22. The average Bonchev–Trinajstić information content (AvgIpc) is 2.42. The van der Waals surface area contributed by atoms with Gasteiger partial charge in [0.1, 0.15) is 5.75 Å². The van der Waals surface area contributed by atoms with Gasteiger partial charge in [-0.25, -0.2) is 0 Å². The monoisotopic (exact) mass is 305 g/mol. The number of ether oxygens (including phenoxy) is 2. The van der Waals surface area contributed by atoms with Crippen LogP contribution < -0.4 is 10.1 Å². The van der Waals surface area contributed by atoms with Crippen molar-refractivity contribution in [3.63, 3.8) is 0 Å². The van der Waals surface area contributed by atoms with Gasteiger partial charge in [-0.05, 0) is 37.1 Å². The Morgan fingerprint density at radius 1 is 1.05 bits per heavy atom. The number of unbranched alkanes of at least 4 members (excludes halogenated alkanes) is 1. The Balaban J connectivity index is 2.13. The third-order valence-electron chi connectivity index (χ3n) is 2.77. The Morgan fingerprint density at radius 3 is 2.33 bits per heavy atom. The number of benzene rings is 1. The molecule has 1 N–H and O–H groups in total. The van der Waals surface area contributed by atoms with Crippen LogP contribution in [0, 0.1) is 0 Å². The molecule has 0 fully saturated rings. The molecule has 0 radical (unpaired) electrons. The fraction of sp³-hybridized carbons (Fsp3) is 0.600. The Bertz CT molecular complexity index is 380. The standard InChI is InChI=1S/C15H22F3NO2/c1-2-3-10-20-11-4-9-19-12-13-5-7-14(8-6-13)21-15(16,17)18/h5-8,19H,2-4,9-12H2,1H3. The van der Waals surface area contributed by atoms with E-state index in [0.717, 1.165) is 44.6 Å². The molecule has 0 bridgehead atoms. The van der Waals surface area contributed by atoms with E-state index in [1.54, 1.807) is 12.1 Å². The van der Waals surface area contributed by atoms with Crippen LogP contribution in [0.3, 0.4) is 0 Å². The van der Waals surface area contributed by atoms with E-state index in [2.05, 4.69) is 17.0 Å². The Morgan fingerprint density at radius 2 is 1.71 bits per heavy atom. The minimum absolute atomic E-state index is 0.199.